The van der Waals surface area contributed by atoms with Gasteiger partial charge in [0, 0.05) is 27.6 Å². The molecule has 0 aliphatic heterocycles. The average Bonchev–Trinajstić information content (AvgIpc) is 3.06. The second kappa shape index (κ2) is 7.80. The zero-order chi connectivity index (χ0) is 19.6. The Morgan fingerprint density at radius 1 is 1.19 bits per heavy atom. The Labute approximate surface area is 161 Å². The van der Waals surface area contributed by atoms with Crippen LogP contribution < -0.4 is 5.73 Å². The summed E-state index contributed by atoms with van der Waals surface area (Å²) in [6.45, 7) is 4.03. The van der Waals surface area contributed by atoms with Gasteiger partial charge in [0.25, 0.3) is 0 Å². The number of aromatic hydroxyl groups is 1. The highest BCUT2D eigenvalue weighted by Crippen LogP contribution is 2.41. The first-order chi connectivity index (χ1) is 13.0. The molecular formula is C21H21FN2O2S. The van der Waals surface area contributed by atoms with E-state index < -0.39 is 5.82 Å². The first kappa shape index (κ1) is 18.9. The summed E-state index contributed by atoms with van der Waals surface area (Å²) in [7, 11) is 0. The summed E-state index contributed by atoms with van der Waals surface area (Å²) in [5.74, 6) is -0.674. The molecule has 3 rings (SSSR count). The van der Waals surface area contributed by atoms with E-state index in [2.05, 4.69) is 12.1 Å². The molecule has 0 atom stereocenters. The topological polar surface area (TPSA) is 78.8 Å². The molecule has 0 aliphatic rings. The number of hydrogen-bond donors (Lipinski definition) is 3. The molecule has 4 N–H and O–H groups in total. The lowest BCUT2D eigenvalue weighted by molar-refractivity contribution is 0.318. The van der Waals surface area contributed by atoms with Crippen molar-refractivity contribution in [1.29, 1.82) is 0 Å². The molecule has 3 aromatic rings. The van der Waals surface area contributed by atoms with Crippen LogP contribution in [0.15, 0.2) is 46.9 Å². The summed E-state index contributed by atoms with van der Waals surface area (Å²) in [5.41, 5.74) is 10.3. The predicted molar refractivity (Wildman–Crippen MR) is 108 cm³/mol. The molecule has 0 spiro atoms. The van der Waals surface area contributed by atoms with Crippen LogP contribution in [-0.2, 0) is 6.42 Å². The number of benzene rings is 2. The maximum Gasteiger partial charge on any atom is 0.170 e. The van der Waals surface area contributed by atoms with Gasteiger partial charge in [0.15, 0.2) is 5.84 Å². The summed E-state index contributed by atoms with van der Waals surface area (Å²) in [5, 5.41) is 24.1. The Kier molecular flexibility index (Phi) is 5.46. The summed E-state index contributed by atoms with van der Waals surface area (Å²) >= 11 is 1.52. The second-order valence-electron chi connectivity index (χ2n) is 6.40. The number of amidine groups is 1. The van der Waals surface area contributed by atoms with E-state index in [1.54, 1.807) is 6.07 Å². The Bertz CT molecular complexity index is 1010. The Morgan fingerprint density at radius 3 is 2.56 bits per heavy atom. The minimum absolute atomic E-state index is 0.0174. The molecule has 1 heterocycles. The number of halogens is 1. The Hall–Kier alpha value is -2.86. The zero-order valence-corrected chi connectivity index (χ0v) is 16.0. The maximum absolute atomic E-state index is 14.7. The number of phenols is 1. The maximum atomic E-state index is 14.7. The lowest BCUT2D eigenvalue weighted by atomic mass is 9.89. The average molecular weight is 384 g/mol. The third-order valence-electron chi connectivity index (χ3n) is 4.45. The monoisotopic (exact) mass is 384 g/mol. The molecule has 4 nitrogen and oxygen atoms in total. The van der Waals surface area contributed by atoms with E-state index in [1.807, 2.05) is 30.5 Å². The first-order valence-electron chi connectivity index (χ1n) is 8.64. The van der Waals surface area contributed by atoms with Gasteiger partial charge in [-0.2, -0.15) is 0 Å². The van der Waals surface area contributed by atoms with Gasteiger partial charge in [-0.3, -0.25) is 0 Å². The number of oxime groups is 1. The Balaban J connectivity index is 2.42. The largest absolute Gasteiger partial charge is 0.508 e. The molecule has 6 heteroatoms. The van der Waals surface area contributed by atoms with Crippen molar-refractivity contribution in [2.45, 2.75) is 26.7 Å². The molecule has 0 fully saturated rings. The van der Waals surface area contributed by atoms with Gasteiger partial charge in [0.2, 0.25) is 0 Å². The molecule has 1 aromatic heterocycles. The van der Waals surface area contributed by atoms with E-state index >= 15 is 0 Å². The first-order valence-corrected chi connectivity index (χ1v) is 9.52. The van der Waals surface area contributed by atoms with Gasteiger partial charge >= 0.3 is 0 Å². The third kappa shape index (κ3) is 3.66. The van der Waals surface area contributed by atoms with Crippen molar-refractivity contribution in [3.8, 4) is 27.3 Å². The molecule has 0 unspecified atom stereocenters. The van der Waals surface area contributed by atoms with Crippen LogP contribution in [0, 0.1) is 12.7 Å². The van der Waals surface area contributed by atoms with E-state index in [0.717, 1.165) is 40.5 Å². The van der Waals surface area contributed by atoms with E-state index in [9.17, 15) is 14.7 Å². The van der Waals surface area contributed by atoms with Gasteiger partial charge in [-0.1, -0.05) is 24.6 Å². The minimum atomic E-state index is -0.524. The number of hydrogen-bond acceptors (Lipinski definition) is 4. The van der Waals surface area contributed by atoms with Gasteiger partial charge in [0.05, 0.1) is 0 Å². The Morgan fingerprint density at radius 2 is 1.96 bits per heavy atom. The highest BCUT2D eigenvalue weighted by molar-refractivity contribution is 7.13. The molecule has 0 radical (unpaired) electrons. The normalized spacial score (nSPS) is 11.7. The third-order valence-corrected chi connectivity index (χ3v) is 5.49. The summed E-state index contributed by atoms with van der Waals surface area (Å²) in [6.07, 6.45) is 1.69. The van der Waals surface area contributed by atoms with E-state index in [-0.39, 0.29) is 11.6 Å². The lowest BCUT2D eigenvalue weighted by Crippen LogP contribution is -2.15. The quantitative estimate of drug-likeness (QED) is 0.242. The fourth-order valence-corrected chi connectivity index (χ4v) is 4.20. The number of aryl methyl sites for hydroxylation is 2. The van der Waals surface area contributed by atoms with Crippen molar-refractivity contribution < 1.29 is 14.7 Å². The van der Waals surface area contributed by atoms with Crippen LogP contribution in [0.1, 0.15) is 30.0 Å². The van der Waals surface area contributed by atoms with Gasteiger partial charge in [-0.05, 0) is 59.7 Å². The molecule has 27 heavy (non-hydrogen) atoms. The highest BCUT2D eigenvalue weighted by Gasteiger charge is 2.21. The summed E-state index contributed by atoms with van der Waals surface area (Å²) in [4.78, 5) is 0.933. The smallest absolute Gasteiger partial charge is 0.170 e. The van der Waals surface area contributed by atoms with E-state index in [0.29, 0.717) is 16.7 Å². The molecular weight excluding hydrogens is 363 g/mol. The van der Waals surface area contributed by atoms with Crippen molar-refractivity contribution in [3.63, 3.8) is 0 Å². The zero-order valence-electron chi connectivity index (χ0n) is 15.2. The van der Waals surface area contributed by atoms with Crippen molar-refractivity contribution in [2.75, 3.05) is 0 Å². The van der Waals surface area contributed by atoms with Crippen LogP contribution in [0.2, 0.25) is 0 Å². The van der Waals surface area contributed by atoms with Crippen molar-refractivity contribution >= 4 is 17.2 Å². The van der Waals surface area contributed by atoms with Crippen LogP contribution in [0.4, 0.5) is 4.39 Å². The van der Waals surface area contributed by atoms with Gasteiger partial charge in [-0.25, -0.2) is 4.39 Å². The molecule has 0 saturated heterocycles. The standard InChI is InChI=1S/C21H21FN2O2S/c1-3-4-13-9-16(15-6-5-14(25)11-18(15)22)19(17(10-13)21(23)24-26)20-12(2)7-8-27-20/h5-11,25-26H,3-4H2,1-2H3,(H2,23,24). The minimum Gasteiger partial charge on any atom is -0.508 e. The van der Waals surface area contributed by atoms with Crippen LogP contribution in [-0.4, -0.2) is 16.1 Å². The van der Waals surface area contributed by atoms with Crippen molar-refractivity contribution in [1.82, 2.24) is 0 Å². The number of rotatable bonds is 5. The summed E-state index contributed by atoms with van der Waals surface area (Å²) in [6, 6.07) is 9.93. The SMILES string of the molecule is CCCc1cc(C(N)=NO)c(-c2sccc2C)c(-c2ccc(O)cc2F)c1. The van der Waals surface area contributed by atoms with Crippen LogP contribution in [0.3, 0.4) is 0 Å². The van der Waals surface area contributed by atoms with Crippen LogP contribution in [0.5, 0.6) is 5.75 Å². The molecule has 140 valence electrons. The predicted octanol–water partition coefficient (Wildman–Crippen LogP) is 5.28. The van der Waals surface area contributed by atoms with E-state index in [4.69, 9.17) is 5.73 Å². The molecule has 2 aromatic carbocycles. The van der Waals surface area contributed by atoms with Crippen molar-refractivity contribution in [3.05, 3.63) is 64.3 Å². The van der Waals surface area contributed by atoms with Gasteiger partial charge in [0.1, 0.15) is 11.6 Å². The van der Waals surface area contributed by atoms with Crippen LogP contribution in [0.25, 0.3) is 21.6 Å². The molecule has 0 saturated carbocycles. The van der Waals surface area contributed by atoms with Crippen LogP contribution >= 0.6 is 11.3 Å². The second-order valence-corrected chi connectivity index (χ2v) is 7.31. The fraction of sp³-hybridized carbons (Fsp3) is 0.190. The number of thiophene rings is 1. The highest BCUT2D eigenvalue weighted by atomic mass is 32.1. The number of phenolic OH excluding ortho intramolecular Hbond substituents is 1. The lowest BCUT2D eigenvalue weighted by Gasteiger charge is -2.17. The molecule has 0 aliphatic carbocycles. The van der Waals surface area contributed by atoms with Crippen molar-refractivity contribution in [2.24, 2.45) is 10.9 Å². The molecule has 0 bridgehead atoms. The van der Waals surface area contributed by atoms with E-state index in [1.165, 1.54) is 17.4 Å². The summed E-state index contributed by atoms with van der Waals surface area (Å²) < 4.78 is 14.7. The fourth-order valence-electron chi connectivity index (χ4n) is 3.20. The number of nitrogens with two attached hydrogens (primary N) is 1. The molecule has 0 amide bonds. The van der Waals surface area contributed by atoms with Gasteiger partial charge in [-0.15, -0.1) is 11.3 Å². The van der Waals surface area contributed by atoms with Gasteiger partial charge < -0.3 is 16.0 Å². The number of nitrogens with zero attached hydrogens (tertiary/aromatic N) is 1.